The molecule has 0 radical (unpaired) electrons. The van der Waals surface area contributed by atoms with Crippen LogP contribution in [0.3, 0.4) is 0 Å². The summed E-state index contributed by atoms with van der Waals surface area (Å²) in [7, 11) is 0. The summed E-state index contributed by atoms with van der Waals surface area (Å²) in [5.74, 6) is -0.00542. The molecule has 28 heavy (non-hydrogen) atoms. The van der Waals surface area contributed by atoms with Crippen LogP contribution < -0.4 is 10.6 Å². The molecule has 2 aromatic rings. The lowest BCUT2D eigenvalue weighted by atomic mass is 9.81. The molecule has 1 saturated heterocycles. The van der Waals surface area contributed by atoms with E-state index in [2.05, 4.69) is 26.6 Å². The third-order valence-corrected chi connectivity index (χ3v) is 6.04. The van der Waals surface area contributed by atoms with Crippen molar-refractivity contribution >= 4 is 33.6 Å². The number of para-hydroxylation sites is 1. The molecule has 148 valence electrons. The van der Waals surface area contributed by atoms with Crippen molar-refractivity contribution in [2.45, 2.75) is 33.2 Å². The normalized spacial score (nSPS) is 19.2. The molecule has 1 heterocycles. The van der Waals surface area contributed by atoms with Gasteiger partial charge < -0.3 is 15.5 Å². The van der Waals surface area contributed by atoms with Crippen molar-refractivity contribution in [3.05, 3.63) is 64.1 Å². The van der Waals surface area contributed by atoms with Crippen molar-refractivity contribution in [3.63, 3.8) is 0 Å². The molecule has 0 unspecified atom stereocenters. The number of nitrogens with zero attached hydrogens (tertiary/aromatic N) is 1. The third kappa shape index (κ3) is 4.73. The summed E-state index contributed by atoms with van der Waals surface area (Å²) in [5, 5.41) is 5.99. The second kappa shape index (κ2) is 8.78. The van der Waals surface area contributed by atoms with E-state index in [0.717, 1.165) is 34.1 Å². The fourth-order valence-corrected chi connectivity index (χ4v) is 3.94. The number of anilines is 1. The van der Waals surface area contributed by atoms with Gasteiger partial charge in [0, 0.05) is 24.1 Å². The molecule has 1 fully saturated rings. The van der Waals surface area contributed by atoms with E-state index in [0.29, 0.717) is 19.6 Å². The minimum absolute atomic E-state index is 0.00542. The average Bonchev–Trinajstić information content (AvgIpc) is 2.69. The van der Waals surface area contributed by atoms with Gasteiger partial charge in [-0.3, -0.25) is 4.79 Å². The van der Waals surface area contributed by atoms with E-state index in [1.165, 1.54) is 0 Å². The average molecular weight is 444 g/mol. The summed E-state index contributed by atoms with van der Waals surface area (Å²) in [6.45, 7) is 5.54. The van der Waals surface area contributed by atoms with E-state index in [1.807, 2.05) is 62.4 Å². The van der Waals surface area contributed by atoms with Gasteiger partial charge in [0.05, 0.1) is 11.1 Å². The quantitative estimate of drug-likeness (QED) is 0.718. The van der Waals surface area contributed by atoms with Crippen molar-refractivity contribution in [3.8, 4) is 0 Å². The van der Waals surface area contributed by atoms with Crippen molar-refractivity contribution in [1.29, 1.82) is 0 Å². The minimum atomic E-state index is -0.591. The molecule has 0 aliphatic carbocycles. The van der Waals surface area contributed by atoms with E-state index in [-0.39, 0.29) is 11.9 Å². The van der Waals surface area contributed by atoms with Gasteiger partial charge in [-0.1, -0.05) is 36.4 Å². The van der Waals surface area contributed by atoms with Gasteiger partial charge in [-0.05, 0) is 65.9 Å². The number of likely N-dealkylation sites (tertiary alicyclic amines) is 1. The Hall–Kier alpha value is -2.34. The molecule has 0 aromatic heterocycles. The van der Waals surface area contributed by atoms with Crippen LogP contribution in [0.4, 0.5) is 10.5 Å². The van der Waals surface area contributed by atoms with E-state index in [1.54, 1.807) is 4.90 Å². The fraction of sp³-hybridized carbons (Fsp3) is 0.364. The van der Waals surface area contributed by atoms with Crippen LogP contribution in [-0.2, 0) is 11.3 Å². The number of halogens is 1. The molecule has 3 amide bonds. The Morgan fingerprint density at radius 3 is 2.61 bits per heavy atom. The van der Waals surface area contributed by atoms with Gasteiger partial charge in [-0.2, -0.15) is 0 Å². The lowest BCUT2D eigenvalue weighted by Gasteiger charge is -2.39. The number of aryl methyl sites for hydroxylation is 1. The topological polar surface area (TPSA) is 61.4 Å². The van der Waals surface area contributed by atoms with Crippen LogP contribution >= 0.6 is 15.9 Å². The highest BCUT2D eigenvalue weighted by Gasteiger charge is 2.39. The third-order valence-electron chi connectivity index (χ3n) is 5.35. The summed E-state index contributed by atoms with van der Waals surface area (Å²) < 4.78 is 0.832. The van der Waals surface area contributed by atoms with E-state index >= 15 is 0 Å². The number of piperidine rings is 1. The van der Waals surface area contributed by atoms with Crippen LogP contribution in [0.15, 0.2) is 53.0 Å². The monoisotopic (exact) mass is 443 g/mol. The molecule has 5 nitrogen and oxygen atoms in total. The summed E-state index contributed by atoms with van der Waals surface area (Å²) in [6.07, 6.45) is 1.57. The summed E-state index contributed by atoms with van der Waals surface area (Å²) in [6, 6.07) is 15.4. The van der Waals surface area contributed by atoms with Gasteiger partial charge >= 0.3 is 6.03 Å². The Morgan fingerprint density at radius 2 is 1.86 bits per heavy atom. The molecular weight excluding hydrogens is 418 g/mol. The van der Waals surface area contributed by atoms with Gasteiger partial charge in [0.1, 0.15) is 0 Å². The molecule has 1 aliphatic heterocycles. The highest BCUT2D eigenvalue weighted by molar-refractivity contribution is 9.10. The zero-order chi connectivity index (χ0) is 20.1. The number of urea groups is 1. The first-order valence-electron chi connectivity index (χ1n) is 9.52. The zero-order valence-electron chi connectivity index (χ0n) is 16.3. The first-order valence-corrected chi connectivity index (χ1v) is 10.3. The van der Waals surface area contributed by atoms with Gasteiger partial charge in [-0.25, -0.2) is 4.79 Å². The number of carbonyl (C=O) groups is 2. The number of rotatable bonds is 4. The van der Waals surface area contributed by atoms with Crippen LogP contribution in [0.5, 0.6) is 0 Å². The number of amides is 3. The maximum Gasteiger partial charge on any atom is 0.321 e. The summed E-state index contributed by atoms with van der Waals surface area (Å²) >= 11 is 3.45. The van der Waals surface area contributed by atoms with E-state index in [4.69, 9.17) is 0 Å². The van der Waals surface area contributed by atoms with Crippen molar-refractivity contribution in [2.24, 2.45) is 5.41 Å². The van der Waals surface area contributed by atoms with Crippen LogP contribution in [0, 0.1) is 12.3 Å². The lowest BCUT2D eigenvalue weighted by Crippen LogP contribution is -2.52. The Kier molecular flexibility index (Phi) is 6.39. The van der Waals surface area contributed by atoms with Crippen LogP contribution in [-0.4, -0.2) is 29.9 Å². The first kappa shape index (κ1) is 20.4. The van der Waals surface area contributed by atoms with Gasteiger partial charge in [0.25, 0.3) is 0 Å². The number of nitrogens with one attached hydrogen (secondary N) is 2. The second-order valence-electron chi connectivity index (χ2n) is 7.60. The maximum atomic E-state index is 12.9. The molecule has 6 heteroatoms. The molecule has 1 aliphatic rings. The Balaban J connectivity index is 1.62. The molecular formula is C22H26BrN3O2. The lowest BCUT2D eigenvalue weighted by molar-refractivity contribution is -0.132. The SMILES string of the molecule is Cc1ccccc1CNC(=O)[C@@]1(C)CCCN(C(=O)Nc2ccccc2Br)C1. The molecule has 2 N–H and O–H groups in total. The van der Waals surface area contributed by atoms with Gasteiger partial charge in [0.2, 0.25) is 5.91 Å². The van der Waals surface area contributed by atoms with Crippen molar-refractivity contribution < 1.29 is 9.59 Å². The largest absolute Gasteiger partial charge is 0.351 e. The highest BCUT2D eigenvalue weighted by atomic mass is 79.9. The second-order valence-corrected chi connectivity index (χ2v) is 8.46. The number of hydrogen-bond donors (Lipinski definition) is 2. The van der Waals surface area contributed by atoms with Crippen molar-refractivity contribution in [1.82, 2.24) is 10.2 Å². The number of hydrogen-bond acceptors (Lipinski definition) is 2. The smallest absolute Gasteiger partial charge is 0.321 e. The van der Waals surface area contributed by atoms with Crippen LogP contribution in [0.25, 0.3) is 0 Å². The summed E-state index contributed by atoms with van der Waals surface area (Å²) in [4.78, 5) is 27.4. The number of benzene rings is 2. The van der Waals surface area contributed by atoms with Crippen LogP contribution in [0.2, 0.25) is 0 Å². The van der Waals surface area contributed by atoms with E-state index < -0.39 is 5.41 Å². The Labute approximate surface area is 174 Å². The molecule has 0 spiro atoms. The van der Waals surface area contributed by atoms with Gasteiger partial charge in [-0.15, -0.1) is 0 Å². The molecule has 0 bridgehead atoms. The molecule has 1 atom stereocenters. The molecule has 0 saturated carbocycles. The highest BCUT2D eigenvalue weighted by Crippen LogP contribution is 2.31. The minimum Gasteiger partial charge on any atom is -0.351 e. The maximum absolute atomic E-state index is 12.9. The van der Waals surface area contributed by atoms with Gasteiger partial charge in [0.15, 0.2) is 0 Å². The number of carbonyl (C=O) groups excluding carboxylic acids is 2. The predicted molar refractivity (Wildman–Crippen MR) is 115 cm³/mol. The fourth-order valence-electron chi connectivity index (χ4n) is 3.55. The molecule has 2 aromatic carbocycles. The summed E-state index contributed by atoms with van der Waals surface area (Å²) in [5.41, 5.74) is 2.40. The first-order chi connectivity index (χ1) is 13.4. The van der Waals surface area contributed by atoms with Crippen molar-refractivity contribution in [2.75, 3.05) is 18.4 Å². The molecule has 3 rings (SSSR count). The predicted octanol–water partition coefficient (Wildman–Crippen LogP) is 4.71. The Morgan fingerprint density at radius 1 is 1.14 bits per heavy atom. The van der Waals surface area contributed by atoms with Crippen LogP contribution in [0.1, 0.15) is 30.9 Å². The Bertz CT molecular complexity index is 870. The zero-order valence-corrected chi connectivity index (χ0v) is 17.9. The standard InChI is InChI=1S/C22H26BrN3O2/c1-16-8-3-4-9-17(16)14-24-20(27)22(2)12-7-13-26(15-22)21(28)25-19-11-6-5-10-18(19)23/h3-6,8-11H,7,12-15H2,1-2H3,(H,24,27)(H,25,28)/t22-/m0/s1. The van der Waals surface area contributed by atoms with E-state index in [9.17, 15) is 9.59 Å².